The van der Waals surface area contributed by atoms with Crippen molar-refractivity contribution in [3.8, 4) is 11.8 Å². The van der Waals surface area contributed by atoms with Crippen LogP contribution in [0.1, 0.15) is 47.2 Å². The molecule has 8 nitrogen and oxygen atoms in total. The Bertz CT molecular complexity index is 1210. The fourth-order valence-corrected chi connectivity index (χ4v) is 4.25. The summed E-state index contributed by atoms with van der Waals surface area (Å²) in [6.07, 6.45) is 4.70. The van der Waals surface area contributed by atoms with E-state index in [0.29, 0.717) is 24.7 Å². The molecule has 0 unspecified atom stereocenters. The number of nitrogens with one attached hydrogen (secondary N) is 2. The van der Waals surface area contributed by atoms with Crippen molar-refractivity contribution in [3.63, 3.8) is 0 Å². The van der Waals surface area contributed by atoms with Crippen LogP contribution in [0.4, 0.5) is 17.3 Å². The van der Waals surface area contributed by atoms with Crippen LogP contribution in [0.25, 0.3) is 0 Å². The molecule has 8 heteroatoms. The second kappa shape index (κ2) is 11.4. The molecule has 1 aromatic heterocycles. The van der Waals surface area contributed by atoms with Crippen molar-refractivity contribution in [2.75, 3.05) is 17.2 Å². The number of primary amides is 1. The predicted octanol–water partition coefficient (Wildman–Crippen LogP) is 4.10. The van der Waals surface area contributed by atoms with Crippen LogP contribution in [0.15, 0.2) is 60.7 Å². The van der Waals surface area contributed by atoms with Gasteiger partial charge in [-0.05, 0) is 48.7 Å². The average Bonchev–Trinajstić information content (AvgIpc) is 2.86. The zero-order valence-electron chi connectivity index (χ0n) is 19.5. The molecule has 0 radical (unpaired) electrons. The summed E-state index contributed by atoms with van der Waals surface area (Å²) in [6.45, 7) is 0.533. The van der Waals surface area contributed by atoms with Gasteiger partial charge < -0.3 is 26.8 Å². The first-order chi connectivity index (χ1) is 17.0. The van der Waals surface area contributed by atoms with Gasteiger partial charge in [-0.3, -0.25) is 4.79 Å². The van der Waals surface area contributed by atoms with Crippen LogP contribution in [-0.2, 0) is 6.42 Å². The molecule has 3 aromatic rings. The maximum Gasteiger partial charge on any atom is 0.252 e. The van der Waals surface area contributed by atoms with E-state index in [1.807, 2.05) is 54.6 Å². The van der Waals surface area contributed by atoms with Gasteiger partial charge in [0.15, 0.2) is 0 Å². The van der Waals surface area contributed by atoms with E-state index in [4.69, 9.17) is 16.2 Å². The number of benzene rings is 2. The van der Waals surface area contributed by atoms with Crippen LogP contribution in [0.3, 0.4) is 0 Å². The maximum atomic E-state index is 12.2. The highest BCUT2D eigenvalue weighted by Crippen LogP contribution is 2.27. The first kappa shape index (κ1) is 24.0. The molecular weight excluding hydrogens is 440 g/mol. The molecular formula is C27H30N6O2. The minimum atomic E-state index is -0.662. The molecule has 1 fully saturated rings. The Balaban J connectivity index is 1.52. The van der Waals surface area contributed by atoms with Gasteiger partial charge >= 0.3 is 0 Å². The molecule has 0 spiro atoms. The largest absolute Gasteiger partial charge is 0.493 e. The first-order valence-corrected chi connectivity index (χ1v) is 11.8. The number of carbonyl (C=O) groups is 1. The second-order valence-corrected chi connectivity index (χ2v) is 8.69. The molecule has 1 aliphatic carbocycles. The number of nitrogens with zero attached hydrogens (tertiary/aromatic N) is 2. The first-order valence-electron chi connectivity index (χ1n) is 11.8. The van der Waals surface area contributed by atoms with E-state index in [1.165, 1.54) is 6.07 Å². The topological polar surface area (TPSA) is 139 Å². The van der Waals surface area contributed by atoms with Gasteiger partial charge in [-0.1, -0.05) is 43.2 Å². The number of amides is 1. The molecule has 0 saturated heterocycles. The van der Waals surface area contributed by atoms with Crippen LogP contribution in [0.2, 0.25) is 0 Å². The highest BCUT2D eigenvalue weighted by Gasteiger charge is 2.24. The Labute approximate surface area is 205 Å². The number of carbonyl (C=O) groups excluding carboxylic acids is 1. The highest BCUT2D eigenvalue weighted by atomic mass is 16.5. The summed E-state index contributed by atoms with van der Waals surface area (Å²) in [5.74, 6) is 0.855. The van der Waals surface area contributed by atoms with Crippen LogP contribution in [0.5, 0.6) is 5.75 Å². The fourth-order valence-electron chi connectivity index (χ4n) is 4.25. The summed E-state index contributed by atoms with van der Waals surface area (Å²) in [4.78, 5) is 16.7. The number of ether oxygens (including phenoxy) is 1. The molecule has 180 valence electrons. The number of rotatable bonds is 9. The smallest absolute Gasteiger partial charge is 0.252 e. The molecule has 2 aromatic carbocycles. The number of hydrogen-bond donors (Lipinski definition) is 4. The number of pyridine rings is 1. The molecule has 1 amide bonds. The lowest BCUT2D eigenvalue weighted by atomic mass is 9.91. The Hall–Kier alpha value is -4.09. The Kier molecular flexibility index (Phi) is 7.81. The van der Waals surface area contributed by atoms with Gasteiger partial charge in [0.05, 0.1) is 17.7 Å². The van der Waals surface area contributed by atoms with Gasteiger partial charge in [-0.25, -0.2) is 4.98 Å². The third-order valence-corrected chi connectivity index (χ3v) is 6.14. The molecule has 6 N–H and O–H groups in total. The van der Waals surface area contributed by atoms with E-state index in [0.717, 1.165) is 42.7 Å². The second-order valence-electron chi connectivity index (χ2n) is 8.69. The molecule has 1 aliphatic rings. The zero-order valence-corrected chi connectivity index (χ0v) is 19.5. The lowest BCUT2D eigenvalue weighted by Crippen LogP contribution is -2.43. The standard InChI is InChI=1S/C27H30N6O2/c28-17-19-16-22(25(30)34)27(33-26(19)32-24-12-5-4-11-23(24)29)31-20-8-6-7-18(15-20)13-14-35-21-9-2-1-3-10-21/h1-3,6-10,15-16,23-24H,4-5,11-14,29H2,(H2,30,34)(H2,31,32,33)/t23-,24+/m0/s1. The molecule has 0 aliphatic heterocycles. The normalized spacial score (nSPS) is 17.3. The van der Waals surface area contributed by atoms with Crippen molar-refractivity contribution < 1.29 is 9.53 Å². The molecule has 2 atom stereocenters. The van der Waals surface area contributed by atoms with Crippen LogP contribution >= 0.6 is 0 Å². The maximum absolute atomic E-state index is 12.2. The fraction of sp³-hybridized carbons (Fsp3) is 0.296. The summed E-state index contributed by atoms with van der Waals surface area (Å²) in [7, 11) is 0. The van der Waals surface area contributed by atoms with E-state index in [9.17, 15) is 10.1 Å². The summed E-state index contributed by atoms with van der Waals surface area (Å²) in [5, 5.41) is 16.2. The van der Waals surface area contributed by atoms with Crippen molar-refractivity contribution in [2.24, 2.45) is 11.5 Å². The quantitative estimate of drug-likeness (QED) is 0.369. The zero-order chi connectivity index (χ0) is 24.6. The highest BCUT2D eigenvalue weighted by molar-refractivity contribution is 5.99. The third kappa shape index (κ3) is 6.28. The number of nitrogens with two attached hydrogens (primary N) is 2. The van der Waals surface area contributed by atoms with Gasteiger partial charge in [0, 0.05) is 24.2 Å². The third-order valence-electron chi connectivity index (χ3n) is 6.14. The lowest BCUT2D eigenvalue weighted by molar-refractivity contribution is 0.100. The SMILES string of the molecule is N#Cc1cc(C(N)=O)c(Nc2cccc(CCOc3ccccc3)c2)nc1N[C@@H]1CCCC[C@@H]1N. The van der Waals surface area contributed by atoms with Gasteiger partial charge in [0.25, 0.3) is 5.91 Å². The van der Waals surface area contributed by atoms with Crippen molar-refractivity contribution in [1.82, 2.24) is 4.98 Å². The number of hydrogen-bond acceptors (Lipinski definition) is 7. The summed E-state index contributed by atoms with van der Waals surface area (Å²) in [5.41, 5.74) is 14.1. The van der Waals surface area contributed by atoms with E-state index < -0.39 is 5.91 Å². The van der Waals surface area contributed by atoms with E-state index >= 15 is 0 Å². The van der Waals surface area contributed by atoms with Crippen LogP contribution < -0.4 is 26.8 Å². The number of nitriles is 1. The van der Waals surface area contributed by atoms with E-state index in [1.54, 1.807) is 0 Å². The number of aromatic nitrogens is 1. The van der Waals surface area contributed by atoms with Gasteiger partial charge in [0.2, 0.25) is 0 Å². The van der Waals surface area contributed by atoms with Crippen molar-refractivity contribution in [3.05, 3.63) is 77.4 Å². The molecule has 35 heavy (non-hydrogen) atoms. The Morgan fingerprint density at radius 1 is 1.09 bits per heavy atom. The van der Waals surface area contributed by atoms with Crippen molar-refractivity contribution in [1.29, 1.82) is 5.26 Å². The van der Waals surface area contributed by atoms with Gasteiger partial charge in [-0.15, -0.1) is 0 Å². The monoisotopic (exact) mass is 470 g/mol. The van der Waals surface area contributed by atoms with Gasteiger partial charge in [0.1, 0.15) is 23.5 Å². The van der Waals surface area contributed by atoms with Gasteiger partial charge in [-0.2, -0.15) is 5.26 Å². The Morgan fingerprint density at radius 2 is 1.89 bits per heavy atom. The molecule has 1 heterocycles. The van der Waals surface area contributed by atoms with Crippen LogP contribution in [-0.4, -0.2) is 29.6 Å². The lowest BCUT2D eigenvalue weighted by Gasteiger charge is -2.30. The number of anilines is 3. The Morgan fingerprint density at radius 3 is 2.63 bits per heavy atom. The summed E-state index contributed by atoms with van der Waals surface area (Å²) in [6, 6.07) is 21.1. The minimum Gasteiger partial charge on any atom is -0.493 e. The van der Waals surface area contributed by atoms with Crippen molar-refractivity contribution >= 4 is 23.2 Å². The minimum absolute atomic E-state index is 0.0147. The average molecular weight is 471 g/mol. The molecule has 0 bridgehead atoms. The number of para-hydroxylation sites is 1. The van der Waals surface area contributed by atoms with Crippen molar-refractivity contribution in [2.45, 2.75) is 44.2 Å². The van der Waals surface area contributed by atoms with E-state index in [-0.39, 0.29) is 23.2 Å². The predicted molar refractivity (Wildman–Crippen MR) is 137 cm³/mol. The summed E-state index contributed by atoms with van der Waals surface area (Å²) >= 11 is 0. The van der Waals surface area contributed by atoms with E-state index in [2.05, 4.69) is 21.7 Å². The summed E-state index contributed by atoms with van der Waals surface area (Å²) < 4.78 is 5.80. The molecule has 4 rings (SSSR count). The van der Waals surface area contributed by atoms with Crippen LogP contribution in [0, 0.1) is 11.3 Å². The molecule has 1 saturated carbocycles.